The van der Waals surface area contributed by atoms with Crippen LogP contribution in [-0.4, -0.2) is 31.8 Å². The van der Waals surface area contributed by atoms with E-state index in [9.17, 15) is 4.79 Å². The van der Waals surface area contributed by atoms with Crippen molar-refractivity contribution in [1.29, 1.82) is 0 Å². The van der Waals surface area contributed by atoms with Crippen LogP contribution in [0.15, 0.2) is 91.0 Å². The Morgan fingerprint density at radius 1 is 0.551 bits per heavy atom. The summed E-state index contributed by atoms with van der Waals surface area (Å²) < 4.78 is 13.6. The number of unbranched alkanes of at least 4 members (excludes halogenated alkanes) is 16. The van der Waals surface area contributed by atoms with Crippen molar-refractivity contribution in [3.63, 3.8) is 0 Å². The van der Waals surface area contributed by atoms with Crippen LogP contribution in [0.4, 0.5) is 0 Å². The molecule has 0 heterocycles. The summed E-state index contributed by atoms with van der Waals surface area (Å²) in [6.45, 7) is 6.00. The largest absolute Gasteiger partial charge is 0.374 e. The number of benzene rings is 3. The van der Waals surface area contributed by atoms with Gasteiger partial charge in [0.1, 0.15) is 5.60 Å². The molecular weight excluding hydrogens is 602 g/mol. The first-order valence-electron chi connectivity index (χ1n) is 19.9. The molecule has 49 heavy (non-hydrogen) atoms. The van der Waals surface area contributed by atoms with Crippen molar-refractivity contribution < 1.29 is 14.3 Å². The van der Waals surface area contributed by atoms with Crippen LogP contribution >= 0.6 is 0 Å². The lowest BCUT2D eigenvalue weighted by Crippen LogP contribution is -2.41. The first-order valence-corrected chi connectivity index (χ1v) is 19.9. The molecule has 0 saturated heterocycles. The third-order valence-corrected chi connectivity index (χ3v) is 9.66. The van der Waals surface area contributed by atoms with Gasteiger partial charge < -0.3 is 14.8 Å². The number of hydrogen-bond acceptors (Lipinski definition) is 3. The number of amides is 1. The highest BCUT2D eigenvalue weighted by Gasteiger charge is 2.38. The molecule has 1 unspecified atom stereocenters. The smallest absolute Gasteiger partial charge is 0.220 e. The van der Waals surface area contributed by atoms with Crippen molar-refractivity contribution in [3.05, 3.63) is 108 Å². The van der Waals surface area contributed by atoms with Crippen LogP contribution in [0.2, 0.25) is 0 Å². The first kappa shape index (κ1) is 40.5. The van der Waals surface area contributed by atoms with Crippen molar-refractivity contribution in [2.75, 3.05) is 19.8 Å². The summed E-state index contributed by atoms with van der Waals surface area (Å²) in [5.41, 5.74) is 2.39. The maximum absolute atomic E-state index is 13.0. The van der Waals surface area contributed by atoms with Gasteiger partial charge in [-0.3, -0.25) is 4.79 Å². The predicted octanol–water partition coefficient (Wildman–Crippen LogP) is 11.9. The Balaban J connectivity index is 1.59. The second kappa shape index (κ2) is 25.9. The molecule has 0 fully saturated rings. The number of hydrogen-bond donors (Lipinski definition) is 1. The molecule has 0 spiro atoms. The molecule has 1 atom stereocenters. The molecule has 1 N–H and O–H groups in total. The maximum Gasteiger partial charge on any atom is 0.220 e. The fourth-order valence-electron chi connectivity index (χ4n) is 6.73. The molecule has 0 bridgehead atoms. The molecule has 270 valence electrons. The monoisotopic (exact) mass is 670 g/mol. The van der Waals surface area contributed by atoms with Gasteiger partial charge in [0.25, 0.3) is 0 Å². The summed E-state index contributed by atoms with van der Waals surface area (Å²) in [5, 5.41) is 3.21. The summed E-state index contributed by atoms with van der Waals surface area (Å²) >= 11 is 0. The molecule has 0 aliphatic carbocycles. The highest BCUT2D eigenvalue weighted by atomic mass is 16.5. The number of carbonyl (C=O) groups is 1. The van der Waals surface area contributed by atoms with Crippen molar-refractivity contribution in [1.82, 2.24) is 5.32 Å². The van der Waals surface area contributed by atoms with E-state index in [1.54, 1.807) is 0 Å². The lowest BCUT2D eigenvalue weighted by molar-refractivity contribution is -0.122. The van der Waals surface area contributed by atoms with Crippen LogP contribution < -0.4 is 5.32 Å². The summed E-state index contributed by atoms with van der Waals surface area (Å²) in [4.78, 5) is 13.0. The normalized spacial score (nSPS) is 12.2. The number of nitrogens with one attached hydrogen (secondary N) is 1. The Bertz CT molecular complexity index is 1100. The highest BCUT2D eigenvalue weighted by Crippen LogP contribution is 2.40. The van der Waals surface area contributed by atoms with Gasteiger partial charge in [0.2, 0.25) is 5.91 Å². The van der Waals surface area contributed by atoms with Gasteiger partial charge in [-0.2, -0.15) is 0 Å². The van der Waals surface area contributed by atoms with Crippen LogP contribution in [0.3, 0.4) is 0 Å². The Morgan fingerprint density at radius 2 is 0.939 bits per heavy atom. The molecule has 0 saturated carbocycles. The molecule has 1 amide bonds. The molecule has 3 aromatic carbocycles. The Labute approximate surface area is 299 Å². The van der Waals surface area contributed by atoms with E-state index < -0.39 is 5.60 Å². The number of carbonyl (C=O) groups excluding carboxylic acids is 1. The zero-order valence-corrected chi connectivity index (χ0v) is 31.0. The highest BCUT2D eigenvalue weighted by molar-refractivity contribution is 5.75. The zero-order chi connectivity index (χ0) is 34.7. The van der Waals surface area contributed by atoms with Crippen LogP contribution in [-0.2, 0) is 19.9 Å². The summed E-state index contributed by atoms with van der Waals surface area (Å²) in [7, 11) is 0. The van der Waals surface area contributed by atoms with E-state index in [4.69, 9.17) is 9.47 Å². The zero-order valence-electron chi connectivity index (χ0n) is 31.0. The molecular formula is C45H67NO3. The Hall–Kier alpha value is -2.95. The van der Waals surface area contributed by atoms with E-state index in [1.807, 2.05) is 18.2 Å². The van der Waals surface area contributed by atoms with E-state index in [2.05, 4.69) is 92.0 Å². The van der Waals surface area contributed by atoms with E-state index in [1.165, 1.54) is 96.3 Å². The minimum Gasteiger partial charge on any atom is -0.374 e. The third kappa shape index (κ3) is 15.6. The number of rotatable bonds is 29. The second-order valence-corrected chi connectivity index (χ2v) is 13.8. The standard InChI is InChI=1S/C45H67NO3/c1-3-5-7-9-11-12-13-14-15-17-28-36-44(47)46-38-43(48-37-29-18-16-10-8-6-4-2)39-49-45(40-30-22-19-23-31-40,41-32-24-20-25-33-41)42-34-26-21-27-35-42/h19-27,30-35,43H,3-18,28-29,36-39H2,1-2H3,(H,46,47). The van der Waals surface area contributed by atoms with E-state index in [0.29, 0.717) is 26.2 Å². The van der Waals surface area contributed by atoms with Crippen LogP contribution in [0.5, 0.6) is 0 Å². The summed E-state index contributed by atoms with van der Waals surface area (Å²) in [5.74, 6) is 0.112. The lowest BCUT2D eigenvalue weighted by atomic mass is 9.80. The average Bonchev–Trinajstić information content (AvgIpc) is 3.15. The van der Waals surface area contributed by atoms with Gasteiger partial charge >= 0.3 is 0 Å². The molecule has 4 heteroatoms. The van der Waals surface area contributed by atoms with Crippen molar-refractivity contribution in [2.45, 2.75) is 148 Å². The lowest BCUT2D eigenvalue weighted by Gasteiger charge is -2.37. The molecule has 0 aliphatic heterocycles. The quantitative estimate of drug-likeness (QED) is 0.0591. The minimum atomic E-state index is -0.815. The average molecular weight is 670 g/mol. The van der Waals surface area contributed by atoms with E-state index in [-0.39, 0.29) is 12.0 Å². The van der Waals surface area contributed by atoms with E-state index >= 15 is 0 Å². The maximum atomic E-state index is 13.0. The van der Waals surface area contributed by atoms with Crippen LogP contribution in [0, 0.1) is 0 Å². The van der Waals surface area contributed by atoms with Crippen LogP contribution in [0.25, 0.3) is 0 Å². The van der Waals surface area contributed by atoms with Crippen molar-refractivity contribution in [3.8, 4) is 0 Å². The second-order valence-electron chi connectivity index (χ2n) is 13.8. The van der Waals surface area contributed by atoms with Gasteiger partial charge in [-0.25, -0.2) is 0 Å². The van der Waals surface area contributed by atoms with Gasteiger partial charge in [0, 0.05) is 19.6 Å². The van der Waals surface area contributed by atoms with E-state index in [0.717, 1.165) is 36.0 Å². The van der Waals surface area contributed by atoms with Crippen molar-refractivity contribution >= 4 is 5.91 Å². The molecule has 4 nitrogen and oxygen atoms in total. The third-order valence-electron chi connectivity index (χ3n) is 9.66. The fraction of sp³-hybridized carbons (Fsp3) is 0.578. The molecule has 3 rings (SSSR count). The Morgan fingerprint density at radius 3 is 1.37 bits per heavy atom. The fourth-order valence-corrected chi connectivity index (χ4v) is 6.73. The topological polar surface area (TPSA) is 47.6 Å². The molecule has 0 radical (unpaired) electrons. The van der Waals surface area contributed by atoms with Gasteiger partial charge in [-0.1, -0.05) is 208 Å². The first-order chi connectivity index (χ1) is 24.2. The van der Waals surface area contributed by atoms with Gasteiger partial charge in [0.05, 0.1) is 12.7 Å². The van der Waals surface area contributed by atoms with Crippen LogP contribution in [0.1, 0.15) is 153 Å². The van der Waals surface area contributed by atoms with Gasteiger partial charge in [-0.15, -0.1) is 0 Å². The SMILES string of the molecule is CCCCCCCCCCCCCC(=O)NCC(COC(c1ccccc1)(c1ccccc1)c1ccccc1)OCCCCCCCCC. The summed E-state index contributed by atoms with van der Waals surface area (Å²) in [6.07, 6.45) is 23.1. The van der Waals surface area contributed by atoms with Gasteiger partial charge in [-0.05, 0) is 29.5 Å². The molecule has 0 aromatic heterocycles. The van der Waals surface area contributed by atoms with Gasteiger partial charge in [0.15, 0.2) is 0 Å². The Kier molecular flexibility index (Phi) is 21.4. The minimum absolute atomic E-state index is 0.112. The molecule has 3 aromatic rings. The molecule has 0 aliphatic rings. The number of ether oxygens (including phenoxy) is 2. The summed E-state index contributed by atoms with van der Waals surface area (Å²) in [6, 6.07) is 31.4. The van der Waals surface area contributed by atoms with Crippen molar-refractivity contribution in [2.24, 2.45) is 0 Å². The predicted molar refractivity (Wildman–Crippen MR) is 207 cm³/mol.